The number of carbonyl (C=O) groups excluding carboxylic acids is 1. The fraction of sp³-hybridized carbons (Fsp3) is 0.526. The lowest BCUT2D eigenvalue weighted by molar-refractivity contribution is -0.117. The third-order valence-corrected chi connectivity index (χ3v) is 6.17. The minimum absolute atomic E-state index is 0.0218. The average Bonchev–Trinajstić information content (AvgIpc) is 2.71. The van der Waals surface area contributed by atoms with Crippen molar-refractivity contribution in [1.82, 2.24) is 14.9 Å². The molecule has 1 aliphatic heterocycles. The molecule has 1 aromatic rings. The number of ether oxygens (including phenoxy) is 2. The molecule has 0 radical (unpaired) electrons. The van der Waals surface area contributed by atoms with Crippen LogP contribution in [0.25, 0.3) is 6.08 Å². The van der Waals surface area contributed by atoms with Gasteiger partial charge in [-0.25, -0.2) is 13.1 Å². The van der Waals surface area contributed by atoms with Gasteiger partial charge in [0.25, 0.3) is 0 Å². The number of nitrogens with one attached hydrogen (secondary N) is 2. The Morgan fingerprint density at radius 2 is 2.00 bits per heavy atom. The normalized spacial score (nSPS) is 16.3. The largest absolute Gasteiger partial charge is 0.495 e. The van der Waals surface area contributed by atoms with E-state index in [1.807, 2.05) is 0 Å². The van der Waals surface area contributed by atoms with Crippen molar-refractivity contribution in [2.45, 2.75) is 24.3 Å². The maximum atomic E-state index is 12.2. The van der Waals surface area contributed by atoms with Crippen molar-refractivity contribution in [3.05, 3.63) is 29.8 Å². The Balaban J connectivity index is 2.03. The van der Waals surface area contributed by atoms with Gasteiger partial charge < -0.3 is 14.8 Å². The van der Waals surface area contributed by atoms with Crippen LogP contribution in [-0.2, 0) is 19.6 Å². The number of hydrogen-bond donors (Lipinski definition) is 2. The maximum Gasteiger partial charge on any atom is 0.244 e. The summed E-state index contributed by atoms with van der Waals surface area (Å²) in [4.78, 5) is 14.5. The molecule has 1 aromatic carbocycles. The highest BCUT2D eigenvalue weighted by Crippen LogP contribution is 2.25. The molecule has 9 heteroatoms. The van der Waals surface area contributed by atoms with E-state index in [0.29, 0.717) is 25.3 Å². The Kier molecular flexibility index (Phi) is 7.59. The molecule has 0 spiro atoms. The van der Waals surface area contributed by atoms with Gasteiger partial charge in [-0.1, -0.05) is 6.07 Å². The van der Waals surface area contributed by atoms with Crippen LogP contribution in [0.1, 0.15) is 19.4 Å². The topological polar surface area (TPSA) is 97.0 Å². The first-order chi connectivity index (χ1) is 13.2. The van der Waals surface area contributed by atoms with Crippen LogP contribution >= 0.6 is 0 Å². The smallest absolute Gasteiger partial charge is 0.244 e. The summed E-state index contributed by atoms with van der Waals surface area (Å²) in [5.74, 6) is -0.00149. The molecule has 8 nitrogen and oxygen atoms in total. The first-order valence-corrected chi connectivity index (χ1v) is 10.6. The van der Waals surface area contributed by atoms with Gasteiger partial charge in [-0.05, 0) is 44.7 Å². The van der Waals surface area contributed by atoms with Crippen LogP contribution in [0.15, 0.2) is 29.2 Å². The summed E-state index contributed by atoms with van der Waals surface area (Å²) in [5.41, 5.74) is 0.402. The van der Waals surface area contributed by atoms with Crippen molar-refractivity contribution >= 4 is 22.0 Å². The zero-order valence-electron chi connectivity index (χ0n) is 16.8. The molecule has 1 saturated heterocycles. The zero-order chi connectivity index (χ0) is 20.8. The quantitative estimate of drug-likeness (QED) is 0.616. The summed E-state index contributed by atoms with van der Waals surface area (Å²) in [6, 6.07) is 4.71. The maximum absolute atomic E-state index is 12.2. The van der Waals surface area contributed by atoms with Gasteiger partial charge in [-0.3, -0.25) is 9.69 Å². The predicted octanol–water partition coefficient (Wildman–Crippen LogP) is 0.844. The Morgan fingerprint density at radius 3 is 2.61 bits per heavy atom. The summed E-state index contributed by atoms with van der Waals surface area (Å²) >= 11 is 0. The summed E-state index contributed by atoms with van der Waals surface area (Å²) in [6.07, 6.45) is 2.97. The first kappa shape index (κ1) is 22.4. The van der Waals surface area contributed by atoms with E-state index in [-0.39, 0.29) is 22.1 Å². The van der Waals surface area contributed by atoms with Crippen molar-refractivity contribution in [2.24, 2.45) is 0 Å². The predicted molar refractivity (Wildman–Crippen MR) is 108 cm³/mol. The Morgan fingerprint density at radius 1 is 1.32 bits per heavy atom. The lowest BCUT2D eigenvalue weighted by Gasteiger charge is -2.40. The third kappa shape index (κ3) is 5.78. The second kappa shape index (κ2) is 9.51. The van der Waals surface area contributed by atoms with Crippen LogP contribution < -0.4 is 14.8 Å². The molecule has 1 amide bonds. The van der Waals surface area contributed by atoms with Crippen molar-refractivity contribution in [3.8, 4) is 5.75 Å². The third-order valence-electron chi connectivity index (χ3n) is 4.74. The molecule has 156 valence electrons. The Hall–Kier alpha value is -1.94. The average molecular weight is 412 g/mol. The van der Waals surface area contributed by atoms with E-state index in [4.69, 9.17) is 9.47 Å². The van der Waals surface area contributed by atoms with Gasteiger partial charge in [0.05, 0.1) is 20.3 Å². The highest BCUT2D eigenvalue weighted by Gasteiger charge is 2.28. The van der Waals surface area contributed by atoms with E-state index in [9.17, 15) is 13.2 Å². The van der Waals surface area contributed by atoms with Gasteiger partial charge in [0.2, 0.25) is 15.9 Å². The van der Waals surface area contributed by atoms with Crippen LogP contribution in [0.4, 0.5) is 0 Å². The van der Waals surface area contributed by atoms with Gasteiger partial charge in [-0.2, -0.15) is 0 Å². The van der Waals surface area contributed by atoms with Gasteiger partial charge >= 0.3 is 0 Å². The molecule has 0 unspecified atom stereocenters. The standard InChI is InChI=1S/C19H29N3O5S/c1-19(2,22-9-11-27-12-10-22)14-21-18(23)8-6-15-5-7-16(26-4)17(13-15)28(24,25)20-3/h5-8,13,20H,9-12,14H2,1-4H3,(H,21,23)/b8-6+. The van der Waals surface area contributed by atoms with Gasteiger partial charge in [0.1, 0.15) is 10.6 Å². The van der Waals surface area contributed by atoms with Crippen LogP contribution in [0.5, 0.6) is 5.75 Å². The van der Waals surface area contributed by atoms with E-state index in [2.05, 4.69) is 28.8 Å². The van der Waals surface area contributed by atoms with Gasteiger partial charge in [-0.15, -0.1) is 0 Å². The molecule has 0 atom stereocenters. The van der Waals surface area contributed by atoms with E-state index in [0.717, 1.165) is 13.1 Å². The fourth-order valence-electron chi connectivity index (χ4n) is 2.93. The summed E-state index contributed by atoms with van der Waals surface area (Å²) < 4.78 is 37.0. The van der Waals surface area contributed by atoms with Crippen molar-refractivity contribution in [2.75, 3.05) is 47.0 Å². The lowest BCUT2D eigenvalue weighted by atomic mass is 10.0. The highest BCUT2D eigenvalue weighted by molar-refractivity contribution is 7.89. The summed E-state index contributed by atoms with van der Waals surface area (Å²) in [5, 5.41) is 2.91. The van der Waals surface area contributed by atoms with Crippen molar-refractivity contribution in [1.29, 1.82) is 0 Å². The van der Waals surface area contributed by atoms with E-state index >= 15 is 0 Å². The number of sulfonamides is 1. The van der Waals surface area contributed by atoms with E-state index < -0.39 is 10.0 Å². The van der Waals surface area contributed by atoms with Crippen LogP contribution in [0.2, 0.25) is 0 Å². The minimum Gasteiger partial charge on any atom is -0.495 e. The molecule has 1 heterocycles. The molecule has 0 aromatic heterocycles. The van der Waals surface area contributed by atoms with Crippen molar-refractivity contribution in [3.63, 3.8) is 0 Å². The molecule has 1 fully saturated rings. The molecule has 0 bridgehead atoms. The number of carbonyl (C=O) groups is 1. The van der Waals surface area contributed by atoms with Gasteiger partial charge in [0, 0.05) is 31.2 Å². The zero-order valence-corrected chi connectivity index (χ0v) is 17.6. The first-order valence-electron chi connectivity index (χ1n) is 9.10. The Bertz CT molecular complexity index is 815. The fourth-order valence-corrected chi connectivity index (χ4v) is 3.86. The molecule has 2 N–H and O–H groups in total. The molecular weight excluding hydrogens is 382 g/mol. The molecule has 28 heavy (non-hydrogen) atoms. The summed E-state index contributed by atoms with van der Waals surface area (Å²) in [7, 11) is -0.929. The number of amides is 1. The Labute approximate surface area is 166 Å². The number of benzene rings is 1. The van der Waals surface area contributed by atoms with Crippen LogP contribution in [0.3, 0.4) is 0 Å². The lowest BCUT2D eigenvalue weighted by Crippen LogP contribution is -2.55. The number of nitrogens with zero attached hydrogens (tertiary/aromatic N) is 1. The van der Waals surface area contributed by atoms with Crippen LogP contribution in [-0.4, -0.2) is 71.8 Å². The monoisotopic (exact) mass is 411 g/mol. The number of morpholine rings is 1. The van der Waals surface area contributed by atoms with Crippen LogP contribution in [0, 0.1) is 0 Å². The highest BCUT2D eigenvalue weighted by atomic mass is 32.2. The molecule has 2 rings (SSSR count). The van der Waals surface area contributed by atoms with Gasteiger partial charge in [0.15, 0.2) is 0 Å². The van der Waals surface area contributed by atoms with E-state index in [1.54, 1.807) is 18.2 Å². The minimum atomic E-state index is -3.67. The number of methoxy groups -OCH3 is 1. The van der Waals surface area contributed by atoms with E-state index in [1.165, 1.54) is 26.3 Å². The number of rotatable bonds is 8. The molecule has 0 saturated carbocycles. The summed E-state index contributed by atoms with van der Waals surface area (Å²) in [6.45, 7) is 7.75. The molecular formula is C19H29N3O5S. The second-order valence-electron chi connectivity index (χ2n) is 7.08. The molecule has 1 aliphatic rings. The molecule has 0 aliphatic carbocycles. The number of hydrogen-bond acceptors (Lipinski definition) is 6. The van der Waals surface area contributed by atoms with Crippen molar-refractivity contribution < 1.29 is 22.7 Å². The second-order valence-corrected chi connectivity index (χ2v) is 8.94. The SMILES string of the molecule is CNS(=O)(=O)c1cc(/C=C/C(=O)NCC(C)(C)N2CCOCC2)ccc1OC.